The van der Waals surface area contributed by atoms with Crippen LogP contribution in [0.3, 0.4) is 0 Å². The number of hydrogen-bond acceptors (Lipinski definition) is 3. The summed E-state index contributed by atoms with van der Waals surface area (Å²) >= 11 is 0. The maximum atomic E-state index is 11.5. The van der Waals surface area contributed by atoms with Gasteiger partial charge in [-0.2, -0.15) is 0 Å². The number of hydrogen-bond donors (Lipinski definition) is 0. The van der Waals surface area contributed by atoms with Crippen molar-refractivity contribution in [3.63, 3.8) is 0 Å². The van der Waals surface area contributed by atoms with Gasteiger partial charge in [-0.15, -0.1) is 0 Å². The van der Waals surface area contributed by atoms with Crippen LogP contribution in [0.5, 0.6) is 0 Å². The van der Waals surface area contributed by atoms with E-state index in [4.69, 9.17) is 0 Å². The highest BCUT2D eigenvalue weighted by molar-refractivity contribution is 7.88. The highest BCUT2D eigenvalue weighted by atomic mass is 32.2. The maximum Gasteiger partial charge on any atom is 0.211 e. The molecule has 1 aliphatic rings. The van der Waals surface area contributed by atoms with E-state index < -0.39 is 10.0 Å². The van der Waals surface area contributed by atoms with Crippen LogP contribution in [0.4, 0.5) is 5.69 Å². The molecule has 0 aliphatic carbocycles. The number of anilines is 1. The Hall–Kier alpha value is -1.07. The first kappa shape index (κ1) is 12.4. The smallest absolute Gasteiger partial charge is 0.211 e. The Kier molecular flexibility index (Phi) is 3.69. The second-order valence-corrected chi connectivity index (χ2v) is 6.32. The van der Waals surface area contributed by atoms with Crippen LogP contribution in [0.2, 0.25) is 0 Å². The molecular formula is C12H18N2O2S. The molecule has 5 heteroatoms. The van der Waals surface area contributed by atoms with Gasteiger partial charge in [0, 0.05) is 31.9 Å². The SMILES string of the molecule is CS(=O)(=O)N1CCCN(c2ccccc2)CC1. The Morgan fingerprint density at radius 2 is 1.71 bits per heavy atom. The Morgan fingerprint density at radius 3 is 2.35 bits per heavy atom. The van der Waals surface area contributed by atoms with Crippen LogP contribution < -0.4 is 4.90 Å². The molecule has 1 saturated heterocycles. The van der Waals surface area contributed by atoms with Crippen LogP contribution in [0, 0.1) is 0 Å². The second kappa shape index (κ2) is 5.06. The van der Waals surface area contributed by atoms with Crippen molar-refractivity contribution in [2.24, 2.45) is 0 Å². The maximum absolute atomic E-state index is 11.5. The summed E-state index contributed by atoms with van der Waals surface area (Å²) in [5.74, 6) is 0. The fraction of sp³-hybridized carbons (Fsp3) is 0.500. The summed E-state index contributed by atoms with van der Waals surface area (Å²) in [5, 5.41) is 0. The van der Waals surface area contributed by atoms with E-state index in [2.05, 4.69) is 17.0 Å². The van der Waals surface area contributed by atoms with Gasteiger partial charge in [0.25, 0.3) is 0 Å². The fourth-order valence-electron chi connectivity index (χ4n) is 2.12. The van der Waals surface area contributed by atoms with Crippen molar-refractivity contribution in [1.29, 1.82) is 0 Å². The standard InChI is InChI=1S/C12H18N2O2S/c1-17(15,16)14-9-5-8-13(10-11-14)12-6-3-2-4-7-12/h2-4,6-7H,5,8-11H2,1H3. The number of rotatable bonds is 2. The normalized spacial score (nSPS) is 19.0. The lowest BCUT2D eigenvalue weighted by molar-refractivity contribution is 0.437. The molecule has 1 aromatic rings. The van der Waals surface area contributed by atoms with Gasteiger partial charge in [-0.25, -0.2) is 12.7 Å². The molecule has 1 fully saturated rings. The lowest BCUT2D eigenvalue weighted by Crippen LogP contribution is -2.34. The minimum atomic E-state index is -3.05. The molecule has 2 rings (SSSR count). The van der Waals surface area contributed by atoms with Gasteiger partial charge in [-0.05, 0) is 18.6 Å². The van der Waals surface area contributed by atoms with E-state index in [9.17, 15) is 8.42 Å². The highest BCUT2D eigenvalue weighted by Crippen LogP contribution is 2.16. The summed E-state index contributed by atoms with van der Waals surface area (Å²) in [6.45, 7) is 2.88. The van der Waals surface area contributed by atoms with Crippen molar-refractivity contribution in [3.8, 4) is 0 Å². The first-order valence-electron chi connectivity index (χ1n) is 5.82. The molecule has 0 radical (unpaired) electrons. The zero-order chi connectivity index (χ0) is 12.3. The first-order valence-corrected chi connectivity index (χ1v) is 7.67. The number of nitrogens with zero attached hydrogens (tertiary/aromatic N) is 2. The van der Waals surface area contributed by atoms with Crippen molar-refractivity contribution >= 4 is 15.7 Å². The highest BCUT2D eigenvalue weighted by Gasteiger charge is 2.21. The third-order valence-electron chi connectivity index (χ3n) is 3.05. The van der Waals surface area contributed by atoms with E-state index in [1.807, 2.05) is 18.2 Å². The van der Waals surface area contributed by atoms with Crippen molar-refractivity contribution in [3.05, 3.63) is 30.3 Å². The van der Waals surface area contributed by atoms with Gasteiger partial charge in [-0.1, -0.05) is 18.2 Å². The molecule has 0 spiro atoms. The molecule has 0 aromatic heterocycles. The van der Waals surface area contributed by atoms with Gasteiger partial charge in [0.05, 0.1) is 6.26 Å². The van der Waals surface area contributed by atoms with Crippen LogP contribution in [0.25, 0.3) is 0 Å². The van der Waals surface area contributed by atoms with Crippen molar-refractivity contribution < 1.29 is 8.42 Å². The molecule has 0 bridgehead atoms. The molecule has 0 atom stereocenters. The zero-order valence-electron chi connectivity index (χ0n) is 10.0. The first-order chi connectivity index (χ1) is 8.07. The lowest BCUT2D eigenvalue weighted by atomic mass is 10.3. The van der Waals surface area contributed by atoms with Gasteiger partial charge in [-0.3, -0.25) is 0 Å². The minimum absolute atomic E-state index is 0.577. The number of sulfonamides is 1. The van der Waals surface area contributed by atoms with Crippen molar-refractivity contribution in [2.45, 2.75) is 6.42 Å². The molecule has 4 nitrogen and oxygen atoms in total. The van der Waals surface area contributed by atoms with Crippen molar-refractivity contribution in [1.82, 2.24) is 4.31 Å². The third-order valence-corrected chi connectivity index (χ3v) is 4.35. The molecule has 0 saturated carbocycles. The average molecular weight is 254 g/mol. The summed E-state index contributed by atoms with van der Waals surface area (Å²) in [4.78, 5) is 2.24. The fourth-order valence-corrected chi connectivity index (χ4v) is 3.00. The van der Waals surface area contributed by atoms with Crippen LogP contribution in [0.15, 0.2) is 30.3 Å². The van der Waals surface area contributed by atoms with Gasteiger partial charge in [0.15, 0.2) is 0 Å². The number of para-hydroxylation sites is 1. The molecule has 0 N–H and O–H groups in total. The quantitative estimate of drug-likeness (QED) is 0.795. The van der Waals surface area contributed by atoms with Crippen LogP contribution in [-0.4, -0.2) is 45.2 Å². The third kappa shape index (κ3) is 3.20. The topological polar surface area (TPSA) is 40.6 Å². The lowest BCUT2D eigenvalue weighted by Gasteiger charge is -2.22. The Morgan fingerprint density at radius 1 is 1.00 bits per heavy atom. The predicted octanol–water partition coefficient (Wildman–Crippen LogP) is 1.16. The average Bonchev–Trinajstić information content (AvgIpc) is 2.55. The van der Waals surface area contributed by atoms with Gasteiger partial charge in [0.1, 0.15) is 0 Å². The zero-order valence-corrected chi connectivity index (χ0v) is 10.9. The second-order valence-electron chi connectivity index (χ2n) is 4.34. The Balaban J connectivity index is 2.06. The van der Waals surface area contributed by atoms with Gasteiger partial charge < -0.3 is 4.90 Å². The van der Waals surface area contributed by atoms with E-state index >= 15 is 0 Å². The molecule has 1 heterocycles. The molecule has 1 aromatic carbocycles. The largest absolute Gasteiger partial charge is 0.370 e. The Bertz CT molecular complexity index is 459. The summed E-state index contributed by atoms with van der Waals surface area (Å²) in [6, 6.07) is 10.1. The van der Waals surface area contributed by atoms with E-state index in [1.54, 1.807) is 4.31 Å². The molecular weight excluding hydrogens is 236 g/mol. The van der Waals surface area contributed by atoms with Crippen LogP contribution >= 0.6 is 0 Å². The van der Waals surface area contributed by atoms with E-state index in [-0.39, 0.29) is 0 Å². The Labute approximate surface area is 103 Å². The van der Waals surface area contributed by atoms with E-state index in [0.29, 0.717) is 13.1 Å². The molecule has 0 unspecified atom stereocenters. The van der Waals surface area contributed by atoms with Gasteiger partial charge in [0.2, 0.25) is 10.0 Å². The molecule has 17 heavy (non-hydrogen) atoms. The van der Waals surface area contributed by atoms with Crippen LogP contribution in [0.1, 0.15) is 6.42 Å². The number of benzene rings is 1. The summed E-state index contributed by atoms with van der Waals surface area (Å²) in [6.07, 6.45) is 2.16. The summed E-state index contributed by atoms with van der Waals surface area (Å²) in [5.41, 5.74) is 1.17. The van der Waals surface area contributed by atoms with Gasteiger partial charge >= 0.3 is 0 Å². The predicted molar refractivity (Wildman–Crippen MR) is 69.7 cm³/mol. The molecule has 94 valence electrons. The molecule has 1 aliphatic heterocycles. The monoisotopic (exact) mass is 254 g/mol. The van der Waals surface area contributed by atoms with E-state index in [0.717, 1.165) is 19.5 Å². The summed E-state index contributed by atoms with van der Waals surface area (Å²) < 4.78 is 24.5. The van der Waals surface area contributed by atoms with Crippen LogP contribution in [-0.2, 0) is 10.0 Å². The molecule has 0 amide bonds. The summed E-state index contributed by atoms with van der Waals surface area (Å²) in [7, 11) is -3.05. The minimum Gasteiger partial charge on any atom is -0.370 e. The van der Waals surface area contributed by atoms with E-state index in [1.165, 1.54) is 11.9 Å². The van der Waals surface area contributed by atoms with Crippen molar-refractivity contribution in [2.75, 3.05) is 37.3 Å².